The molecule has 1 heterocycles. The molecule has 170 valence electrons. The summed E-state index contributed by atoms with van der Waals surface area (Å²) < 4.78 is 43.1. The summed E-state index contributed by atoms with van der Waals surface area (Å²) in [5.41, 5.74) is 0.278. The molecule has 0 saturated carbocycles. The Morgan fingerprint density at radius 2 is 1.90 bits per heavy atom. The molecule has 10 heteroatoms. The van der Waals surface area contributed by atoms with E-state index in [0.29, 0.717) is 23.5 Å². The van der Waals surface area contributed by atoms with Crippen LogP contribution in [0, 0.1) is 0 Å². The van der Waals surface area contributed by atoms with Crippen LogP contribution in [0.5, 0.6) is 17.4 Å². The SMILES string of the molecule is CC(O)c1cc(OCC=C(Cl)Cl)cc(Cl)c1OCCCOc1ccc(C(C)(F)F)cn1. The number of aromatic nitrogens is 1. The first-order valence-corrected chi connectivity index (χ1v) is 10.5. The Labute approximate surface area is 194 Å². The molecule has 0 aliphatic heterocycles. The van der Waals surface area contributed by atoms with Gasteiger partial charge in [-0.25, -0.2) is 13.8 Å². The van der Waals surface area contributed by atoms with E-state index in [1.807, 2.05) is 0 Å². The molecule has 1 aromatic carbocycles. The van der Waals surface area contributed by atoms with Gasteiger partial charge < -0.3 is 19.3 Å². The monoisotopic (exact) mass is 495 g/mol. The van der Waals surface area contributed by atoms with Crippen molar-refractivity contribution in [3.8, 4) is 17.4 Å². The molecular formula is C21H22Cl3F2NO4. The molecule has 2 rings (SSSR count). The van der Waals surface area contributed by atoms with E-state index >= 15 is 0 Å². The zero-order valence-corrected chi connectivity index (χ0v) is 19.1. The summed E-state index contributed by atoms with van der Waals surface area (Å²) in [4.78, 5) is 3.87. The van der Waals surface area contributed by atoms with Gasteiger partial charge in [0.2, 0.25) is 5.88 Å². The molecule has 1 N–H and O–H groups in total. The highest BCUT2D eigenvalue weighted by Gasteiger charge is 2.24. The third kappa shape index (κ3) is 8.33. The number of hydrogen-bond acceptors (Lipinski definition) is 5. The second-order valence-corrected chi connectivity index (χ2v) is 8.04. The standard InChI is InChI=1S/C21H22Cl3F2NO4/c1-13(28)16-10-15(29-9-6-18(23)24)11-17(22)20(16)31-8-3-7-30-19-5-4-14(12-27-19)21(2,25)26/h4-6,10-13,28H,3,7-9H2,1-2H3. The van der Waals surface area contributed by atoms with Crippen molar-refractivity contribution >= 4 is 34.8 Å². The molecular weight excluding hydrogens is 475 g/mol. The average Bonchev–Trinajstić information content (AvgIpc) is 2.68. The van der Waals surface area contributed by atoms with Crippen LogP contribution in [0.25, 0.3) is 0 Å². The Hall–Kier alpha value is -1.80. The summed E-state index contributed by atoms with van der Waals surface area (Å²) in [6, 6.07) is 5.84. The van der Waals surface area contributed by atoms with Crippen LogP contribution in [0.15, 0.2) is 41.0 Å². The minimum atomic E-state index is -2.95. The van der Waals surface area contributed by atoms with Crippen LogP contribution in [-0.4, -0.2) is 29.9 Å². The lowest BCUT2D eigenvalue weighted by Crippen LogP contribution is -2.09. The Morgan fingerprint density at radius 3 is 2.48 bits per heavy atom. The topological polar surface area (TPSA) is 60.8 Å². The normalized spacial score (nSPS) is 12.3. The van der Waals surface area contributed by atoms with Gasteiger partial charge in [-0.15, -0.1) is 0 Å². The van der Waals surface area contributed by atoms with E-state index < -0.39 is 12.0 Å². The fraction of sp³-hybridized carbons (Fsp3) is 0.381. The molecule has 0 amide bonds. The molecule has 0 radical (unpaired) electrons. The summed E-state index contributed by atoms with van der Waals surface area (Å²) in [6.07, 6.45) is 2.18. The van der Waals surface area contributed by atoms with Crippen molar-refractivity contribution in [3.63, 3.8) is 0 Å². The molecule has 2 aromatic rings. The largest absolute Gasteiger partial charge is 0.491 e. The van der Waals surface area contributed by atoms with Crippen LogP contribution in [0.4, 0.5) is 8.78 Å². The first kappa shape index (κ1) is 25.5. The van der Waals surface area contributed by atoms with Gasteiger partial charge in [-0.2, -0.15) is 0 Å². The van der Waals surface area contributed by atoms with Crippen LogP contribution in [0.2, 0.25) is 5.02 Å². The smallest absolute Gasteiger partial charge is 0.272 e. The number of aliphatic hydroxyl groups excluding tert-OH is 1. The van der Waals surface area contributed by atoms with Crippen molar-refractivity contribution in [1.82, 2.24) is 4.98 Å². The first-order chi connectivity index (χ1) is 14.6. The summed E-state index contributed by atoms with van der Waals surface area (Å²) in [5.74, 6) is -1.95. The van der Waals surface area contributed by atoms with Crippen LogP contribution in [0.3, 0.4) is 0 Å². The molecule has 0 fully saturated rings. The maximum atomic E-state index is 13.2. The lowest BCUT2D eigenvalue weighted by Gasteiger charge is -2.17. The Kier molecular flexibility index (Phi) is 9.62. The van der Waals surface area contributed by atoms with Crippen LogP contribution in [-0.2, 0) is 5.92 Å². The molecule has 31 heavy (non-hydrogen) atoms. The highest BCUT2D eigenvalue weighted by Crippen LogP contribution is 2.37. The molecule has 0 aliphatic rings. The lowest BCUT2D eigenvalue weighted by molar-refractivity contribution is 0.0170. The molecule has 5 nitrogen and oxygen atoms in total. The van der Waals surface area contributed by atoms with E-state index in [9.17, 15) is 13.9 Å². The van der Waals surface area contributed by atoms with Crippen molar-refractivity contribution in [2.75, 3.05) is 19.8 Å². The molecule has 1 aromatic heterocycles. The lowest BCUT2D eigenvalue weighted by atomic mass is 10.1. The Balaban J connectivity index is 1.90. The Bertz CT molecular complexity index is 883. The number of aliphatic hydroxyl groups is 1. The predicted molar refractivity (Wildman–Crippen MR) is 117 cm³/mol. The van der Waals surface area contributed by atoms with Gasteiger partial charge in [-0.05, 0) is 25.1 Å². The highest BCUT2D eigenvalue weighted by atomic mass is 35.5. The van der Waals surface area contributed by atoms with E-state index in [0.717, 1.165) is 13.1 Å². The zero-order chi connectivity index (χ0) is 23.0. The maximum absolute atomic E-state index is 13.2. The van der Waals surface area contributed by atoms with Gasteiger partial charge in [0.25, 0.3) is 5.92 Å². The fourth-order valence-corrected chi connectivity index (χ4v) is 2.87. The van der Waals surface area contributed by atoms with Gasteiger partial charge in [0.15, 0.2) is 0 Å². The number of alkyl halides is 2. The van der Waals surface area contributed by atoms with Crippen LogP contribution in [0.1, 0.15) is 37.5 Å². The number of nitrogens with zero attached hydrogens (tertiary/aromatic N) is 1. The second kappa shape index (κ2) is 11.7. The van der Waals surface area contributed by atoms with Crippen molar-refractivity contribution in [3.05, 3.63) is 57.2 Å². The minimum Gasteiger partial charge on any atom is -0.491 e. The summed E-state index contributed by atoms with van der Waals surface area (Å²) in [5, 5.41) is 10.3. The number of rotatable bonds is 11. The highest BCUT2D eigenvalue weighted by molar-refractivity contribution is 6.55. The molecule has 1 unspecified atom stereocenters. The number of hydrogen-bond donors (Lipinski definition) is 1. The molecule has 1 atom stereocenters. The molecule has 0 spiro atoms. The quantitative estimate of drug-likeness (QED) is 0.362. The van der Waals surface area contributed by atoms with Crippen molar-refractivity contribution in [2.24, 2.45) is 0 Å². The fourth-order valence-electron chi connectivity index (χ4n) is 2.47. The van der Waals surface area contributed by atoms with Crippen molar-refractivity contribution in [1.29, 1.82) is 0 Å². The van der Waals surface area contributed by atoms with Gasteiger partial charge in [0.1, 0.15) is 22.6 Å². The van der Waals surface area contributed by atoms with Gasteiger partial charge in [-0.3, -0.25) is 0 Å². The van der Waals surface area contributed by atoms with E-state index in [4.69, 9.17) is 49.0 Å². The van der Waals surface area contributed by atoms with Crippen molar-refractivity contribution in [2.45, 2.75) is 32.3 Å². The number of ether oxygens (including phenoxy) is 3. The summed E-state index contributed by atoms with van der Waals surface area (Å²) >= 11 is 17.4. The second-order valence-electron chi connectivity index (χ2n) is 6.63. The zero-order valence-electron chi connectivity index (χ0n) is 16.9. The van der Waals surface area contributed by atoms with Gasteiger partial charge >= 0.3 is 0 Å². The average molecular weight is 497 g/mol. The summed E-state index contributed by atoms with van der Waals surface area (Å²) in [7, 11) is 0. The van der Waals surface area contributed by atoms with Gasteiger partial charge in [0, 0.05) is 42.8 Å². The molecule has 0 saturated heterocycles. The van der Waals surface area contributed by atoms with Crippen LogP contribution >= 0.6 is 34.8 Å². The minimum absolute atomic E-state index is 0.0819. The number of pyridine rings is 1. The van der Waals surface area contributed by atoms with E-state index in [-0.39, 0.29) is 40.8 Å². The van der Waals surface area contributed by atoms with Gasteiger partial charge in [0.05, 0.1) is 24.3 Å². The third-order valence-corrected chi connectivity index (χ3v) is 4.60. The number of halogens is 5. The van der Waals surface area contributed by atoms with Crippen LogP contribution < -0.4 is 14.2 Å². The maximum Gasteiger partial charge on any atom is 0.272 e. The Morgan fingerprint density at radius 1 is 1.19 bits per heavy atom. The van der Waals surface area contributed by atoms with E-state index in [2.05, 4.69) is 4.98 Å². The van der Waals surface area contributed by atoms with E-state index in [1.165, 1.54) is 18.2 Å². The summed E-state index contributed by atoms with van der Waals surface area (Å²) in [6.45, 7) is 3.02. The van der Waals surface area contributed by atoms with Crippen molar-refractivity contribution < 1.29 is 28.1 Å². The predicted octanol–water partition coefficient (Wildman–Crippen LogP) is 6.45. The number of benzene rings is 1. The van der Waals surface area contributed by atoms with Gasteiger partial charge in [-0.1, -0.05) is 34.8 Å². The third-order valence-electron chi connectivity index (χ3n) is 4.01. The first-order valence-electron chi connectivity index (χ1n) is 9.33. The molecule has 0 aliphatic carbocycles. The van der Waals surface area contributed by atoms with E-state index in [1.54, 1.807) is 19.1 Å². The molecule has 0 bridgehead atoms.